The zero-order valence-electron chi connectivity index (χ0n) is 39.0. The number of hydrogen-bond donors (Lipinski definition) is 0. The van der Waals surface area contributed by atoms with E-state index in [-0.39, 0.29) is 10.8 Å². The molecule has 10 aromatic carbocycles. The quantitative estimate of drug-likeness (QED) is 0.154. The van der Waals surface area contributed by atoms with Crippen LogP contribution in [0.1, 0.15) is 72.2 Å². The van der Waals surface area contributed by atoms with Gasteiger partial charge < -0.3 is 4.90 Å². The van der Waals surface area contributed by atoms with E-state index < -0.39 is 5.41 Å². The molecule has 68 heavy (non-hydrogen) atoms. The van der Waals surface area contributed by atoms with Crippen LogP contribution in [0.15, 0.2) is 237 Å². The van der Waals surface area contributed by atoms with Gasteiger partial charge in [0, 0.05) is 27.8 Å². The van der Waals surface area contributed by atoms with E-state index in [1.807, 2.05) is 0 Å². The van der Waals surface area contributed by atoms with E-state index in [2.05, 4.69) is 269 Å². The van der Waals surface area contributed by atoms with E-state index in [4.69, 9.17) is 0 Å². The summed E-state index contributed by atoms with van der Waals surface area (Å²) in [4.78, 5) is 2.52. The van der Waals surface area contributed by atoms with Crippen LogP contribution in [0.3, 0.4) is 0 Å². The zero-order chi connectivity index (χ0) is 45.8. The average Bonchev–Trinajstić information content (AvgIpc) is 3.92. The van der Waals surface area contributed by atoms with Gasteiger partial charge in [0.15, 0.2) is 0 Å². The molecule has 3 aliphatic rings. The lowest BCUT2D eigenvalue weighted by atomic mass is 9.67. The fraction of sp³-hybridized carbons (Fsp3) is 0.104. The molecule has 0 amide bonds. The Hall–Kier alpha value is -8.00. The summed E-state index contributed by atoms with van der Waals surface area (Å²) in [5, 5.41) is 0. The van der Waals surface area contributed by atoms with Crippen molar-refractivity contribution < 1.29 is 0 Å². The molecule has 3 aliphatic carbocycles. The van der Waals surface area contributed by atoms with Crippen LogP contribution in [0, 0.1) is 0 Å². The third-order valence-electron chi connectivity index (χ3n) is 15.8. The largest absolute Gasteiger partial charge is 0.310 e. The molecule has 0 aromatic heterocycles. The third kappa shape index (κ3) is 5.63. The highest BCUT2D eigenvalue weighted by Gasteiger charge is 2.46. The molecule has 1 nitrogen and oxygen atoms in total. The van der Waals surface area contributed by atoms with Crippen LogP contribution in [-0.2, 0) is 16.2 Å². The zero-order valence-corrected chi connectivity index (χ0v) is 39.0. The second kappa shape index (κ2) is 15.0. The van der Waals surface area contributed by atoms with Gasteiger partial charge >= 0.3 is 0 Å². The second-order valence-corrected chi connectivity index (χ2v) is 20.0. The maximum Gasteiger partial charge on any atom is 0.0714 e. The monoisotopic (exact) mass is 869 g/mol. The van der Waals surface area contributed by atoms with Crippen molar-refractivity contribution in [3.05, 3.63) is 281 Å². The van der Waals surface area contributed by atoms with Crippen LogP contribution in [-0.4, -0.2) is 0 Å². The Kier molecular flexibility index (Phi) is 8.89. The topological polar surface area (TPSA) is 3.24 Å². The Morgan fingerprint density at radius 3 is 1.46 bits per heavy atom. The van der Waals surface area contributed by atoms with Crippen molar-refractivity contribution in [1.29, 1.82) is 0 Å². The molecule has 13 rings (SSSR count). The average molecular weight is 870 g/mol. The van der Waals surface area contributed by atoms with Crippen LogP contribution >= 0.6 is 0 Å². The Morgan fingerprint density at radius 2 is 0.765 bits per heavy atom. The van der Waals surface area contributed by atoms with Gasteiger partial charge in [0.25, 0.3) is 0 Å². The predicted molar refractivity (Wildman–Crippen MR) is 284 cm³/mol. The molecule has 0 spiro atoms. The van der Waals surface area contributed by atoms with Crippen LogP contribution in [0.25, 0.3) is 55.6 Å². The summed E-state index contributed by atoms with van der Waals surface area (Å²) >= 11 is 0. The van der Waals surface area contributed by atoms with Gasteiger partial charge in [-0.2, -0.15) is 0 Å². The molecule has 0 saturated heterocycles. The van der Waals surface area contributed by atoms with Gasteiger partial charge in [-0.25, -0.2) is 0 Å². The number of benzene rings is 10. The van der Waals surface area contributed by atoms with Crippen LogP contribution < -0.4 is 4.90 Å². The van der Waals surface area contributed by atoms with Gasteiger partial charge in [0.2, 0.25) is 0 Å². The smallest absolute Gasteiger partial charge is 0.0714 e. The number of hydrogen-bond acceptors (Lipinski definition) is 1. The van der Waals surface area contributed by atoms with Crippen molar-refractivity contribution in [2.45, 2.75) is 43.9 Å². The molecule has 0 fully saturated rings. The highest BCUT2D eigenvalue weighted by atomic mass is 15.1. The first-order valence-corrected chi connectivity index (χ1v) is 24.1. The summed E-state index contributed by atoms with van der Waals surface area (Å²) in [7, 11) is 0. The van der Waals surface area contributed by atoms with Crippen molar-refractivity contribution in [2.24, 2.45) is 0 Å². The molecule has 1 heteroatoms. The second-order valence-electron chi connectivity index (χ2n) is 20.0. The van der Waals surface area contributed by atoms with E-state index in [1.54, 1.807) is 0 Å². The molecular formula is C67H51N. The predicted octanol–water partition coefficient (Wildman–Crippen LogP) is 17.5. The highest BCUT2D eigenvalue weighted by Crippen LogP contribution is 2.59. The Morgan fingerprint density at radius 1 is 0.294 bits per heavy atom. The van der Waals surface area contributed by atoms with Crippen LogP contribution in [0.4, 0.5) is 17.1 Å². The van der Waals surface area contributed by atoms with Crippen LogP contribution in [0.5, 0.6) is 0 Å². The number of anilines is 3. The molecular weight excluding hydrogens is 819 g/mol. The summed E-state index contributed by atoms with van der Waals surface area (Å²) in [5.74, 6) is 0. The summed E-state index contributed by atoms with van der Waals surface area (Å²) in [6.07, 6.45) is 0. The normalized spacial score (nSPS) is 14.8. The minimum Gasteiger partial charge on any atom is -0.310 e. The van der Waals surface area contributed by atoms with Gasteiger partial charge in [0.05, 0.1) is 11.1 Å². The molecule has 10 aromatic rings. The molecule has 0 bridgehead atoms. The van der Waals surface area contributed by atoms with E-state index in [0.29, 0.717) is 0 Å². The Labute approximate surface area is 400 Å². The Balaban J connectivity index is 1.05. The first-order valence-electron chi connectivity index (χ1n) is 24.1. The van der Waals surface area contributed by atoms with Crippen molar-refractivity contribution in [2.75, 3.05) is 4.90 Å². The maximum absolute atomic E-state index is 2.52. The molecule has 0 N–H and O–H groups in total. The number of rotatable bonds is 7. The van der Waals surface area contributed by atoms with E-state index in [9.17, 15) is 0 Å². The fourth-order valence-electron chi connectivity index (χ4n) is 12.8. The standard InChI is InChI=1S/C67H51N/c1-65(2)58-33-16-13-28-56(58)63-54(30-20-35-60(63)65)53-27-14-18-36-62(53)68(47-39-37-44(38-40-47)49-29-19-31-55-51-26-11-15-32-57(51)66(3,4)64(49)55)48-41-42-52-50-25-12-17-34-59(50)67(61(52)43-48,45-21-7-5-8-22-45)46-23-9-6-10-24-46/h5-43H,1-4H3. The molecule has 0 atom stereocenters. The summed E-state index contributed by atoms with van der Waals surface area (Å²) in [6.45, 7) is 9.51. The van der Waals surface area contributed by atoms with E-state index in [0.717, 1.165) is 17.1 Å². The summed E-state index contributed by atoms with van der Waals surface area (Å²) in [5.41, 5.74) is 26.0. The molecule has 0 radical (unpaired) electrons. The number of nitrogens with zero attached hydrogens (tertiary/aromatic N) is 1. The summed E-state index contributed by atoms with van der Waals surface area (Å²) in [6, 6.07) is 88.7. The lowest BCUT2D eigenvalue weighted by Gasteiger charge is -2.35. The first kappa shape index (κ1) is 40.3. The van der Waals surface area contributed by atoms with Crippen molar-refractivity contribution >= 4 is 17.1 Å². The highest BCUT2D eigenvalue weighted by molar-refractivity contribution is 5.99. The first-order chi connectivity index (χ1) is 33.3. The third-order valence-corrected chi connectivity index (χ3v) is 15.8. The van der Waals surface area contributed by atoms with Crippen LogP contribution in [0.2, 0.25) is 0 Å². The number of para-hydroxylation sites is 1. The maximum atomic E-state index is 2.52. The van der Waals surface area contributed by atoms with Gasteiger partial charge in [-0.3, -0.25) is 0 Å². The SMILES string of the molecule is CC1(C)c2ccccc2-c2c(-c3ccccc3N(c3ccc(-c4cccc5c4C(C)(C)c4ccccc4-5)cc3)c3ccc4c(c3)C(c3ccccc3)(c3ccccc3)c3ccccc3-4)cccc21. The summed E-state index contributed by atoms with van der Waals surface area (Å²) < 4.78 is 0. The molecule has 0 aliphatic heterocycles. The molecule has 0 saturated carbocycles. The fourth-order valence-corrected chi connectivity index (χ4v) is 12.8. The van der Waals surface area contributed by atoms with E-state index >= 15 is 0 Å². The number of fused-ring (bicyclic) bond motifs is 9. The minimum atomic E-state index is -0.535. The van der Waals surface area contributed by atoms with Gasteiger partial charge in [-0.05, 0) is 125 Å². The molecule has 0 heterocycles. The van der Waals surface area contributed by atoms with Gasteiger partial charge in [-0.15, -0.1) is 0 Å². The molecule has 0 unspecified atom stereocenters. The molecule has 324 valence electrons. The lowest BCUT2D eigenvalue weighted by molar-refractivity contribution is 0.660. The van der Waals surface area contributed by atoms with Crippen molar-refractivity contribution in [3.63, 3.8) is 0 Å². The van der Waals surface area contributed by atoms with Gasteiger partial charge in [0.1, 0.15) is 0 Å². The van der Waals surface area contributed by atoms with Crippen molar-refractivity contribution in [3.8, 4) is 55.6 Å². The minimum absolute atomic E-state index is 0.118. The Bertz CT molecular complexity index is 3570. The lowest BCUT2D eigenvalue weighted by Crippen LogP contribution is -2.28. The van der Waals surface area contributed by atoms with Gasteiger partial charge in [-0.1, -0.05) is 234 Å². The van der Waals surface area contributed by atoms with Crippen molar-refractivity contribution in [1.82, 2.24) is 0 Å². The van der Waals surface area contributed by atoms with E-state index in [1.165, 1.54) is 100 Å².